The van der Waals surface area contributed by atoms with Crippen LogP contribution in [0.3, 0.4) is 0 Å². The largest absolute Gasteiger partial charge is 0.370 e. The normalized spacial score (nSPS) is 22.0. The highest BCUT2D eigenvalue weighted by Crippen LogP contribution is 2.08. The van der Waals surface area contributed by atoms with Crippen molar-refractivity contribution >= 4 is 5.96 Å². The molecule has 0 aliphatic carbocycles. The van der Waals surface area contributed by atoms with Gasteiger partial charge in [0.25, 0.3) is 0 Å². The van der Waals surface area contributed by atoms with E-state index in [1.165, 1.54) is 6.20 Å². The van der Waals surface area contributed by atoms with Gasteiger partial charge in [-0.1, -0.05) is 13.8 Å². The third-order valence-electron chi connectivity index (χ3n) is 1.09. The van der Waals surface area contributed by atoms with Crippen molar-refractivity contribution in [3.05, 3.63) is 12.0 Å². The maximum Gasteiger partial charge on any atom is 0.193 e. The molecular weight excluding hydrogens is 145 g/mol. The van der Waals surface area contributed by atoms with Gasteiger partial charge in [0.1, 0.15) is 11.9 Å². The molecular formula is C7H14FN3. The third kappa shape index (κ3) is 3.02. The monoisotopic (exact) mass is 159 g/mol. The fourth-order valence-corrected chi connectivity index (χ4v) is 0.571. The summed E-state index contributed by atoms with van der Waals surface area (Å²) in [5.41, 5.74) is 5.22. The summed E-state index contributed by atoms with van der Waals surface area (Å²) in [6, 6.07) is -0.425. The van der Waals surface area contributed by atoms with Crippen molar-refractivity contribution in [2.24, 2.45) is 10.7 Å². The number of aliphatic imine (C=N–C) groups is 1. The molecule has 0 spiro atoms. The van der Waals surface area contributed by atoms with Crippen molar-refractivity contribution < 1.29 is 4.39 Å². The lowest BCUT2D eigenvalue weighted by atomic mass is 10.3. The minimum atomic E-state index is -0.425. The zero-order valence-electron chi connectivity index (χ0n) is 7.06. The summed E-state index contributed by atoms with van der Waals surface area (Å²) in [5.74, 6) is -0.0203. The predicted octanol–water partition coefficient (Wildman–Crippen LogP) is 1.13. The second-order valence-electron chi connectivity index (χ2n) is 1.86. The number of rotatable bonds is 0. The Hall–Kier alpha value is -1.06. The molecule has 4 heteroatoms. The maximum atomic E-state index is 12.4. The molecule has 1 rings (SSSR count). The fraction of sp³-hybridized carbons (Fsp3) is 0.571. The predicted molar refractivity (Wildman–Crippen MR) is 44.8 cm³/mol. The van der Waals surface area contributed by atoms with Crippen LogP contribution in [0, 0.1) is 0 Å². The second kappa shape index (κ2) is 4.71. The molecule has 0 saturated heterocycles. The molecule has 0 bridgehead atoms. The first-order valence-corrected chi connectivity index (χ1v) is 3.65. The van der Waals surface area contributed by atoms with E-state index in [9.17, 15) is 4.39 Å². The van der Waals surface area contributed by atoms with E-state index in [0.29, 0.717) is 0 Å². The van der Waals surface area contributed by atoms with Crippen LogP contribution in [0.25, 0.3) is 0 Å². The lowest BCUT2D eigenvalue weighted by Crippen LogP contribution is -2.32. The van der Waals surface area contributed by atoms with Gasteiger partial charge in [-0.05, 0) is 6.92 Å². The van der Waals surface area contributed by atoms with Crippen molar-refractivity contribution in [2.75, 3.05) is 0 Å². The number of hydrogen-bond donors (Lipinski definition) is 2. The molecule has 0 fully saturated rings. The van der Waals surface area contributed by atoms with Crippen LogP contribution in [0.2, 0.25) is 0 Å². The van der Waals surface area contributed by atoms with Crippen molar-refractivity contribution in [1.82, 2.24) is 5.32 Å². The van der Waals surface area contributed by atoms with Crippen LogP contribution >= 0.6 is 0 Å². The first-order valence-electron chi connectivity index (χ1n) is 3.65. The van der Waals surface area contributed by atoms with E-state index >= 15 is 0 Å². The third-order valence-corrected chi connectivity index (χ3v) is 1.09. The second-order valence-corrected chi connectivity index (χ2v) is 1.86. The van der Waals surface area contributed by atoms with Gasteiger partial charge in [-0.2, -0.15) is 0 Å². The highest BCUT2D eigenvalue weighted by atomic mass is 19.1. The Morgan fingerprint density at radius 1 is 1.64 bits per heavy atom. The number of nitrogens with two attached hydrogens (primary N) is 1. The number of guanidine groups is 1. The van der Waals surface area contributed by atoms with E-state index in [0.717, 1.165) is 0 Å². The van der Waals surface area contributed by atoms with Crippen LogP contribution in [-0.2, 0) is 0 Å². The van der Waals surface area contributed by atoms with Gasteiger partial charge in [-0.25, -0.2) is 9.38 Å². The Balaban J connectivity index is 0.000000461. The Bertz CT molecular complexity index is 175. The highest BCUT2D eigenvalue weighted by molar-refractivity contribution is 5.80. The topological polar surface area (TPSA) is 50.4 Å². The summed E-state index contributed by atoms with van der Waals surface area (Å²) < 4.78 is 12.4. The van der Waals surface area contributed by atoms with E-state index in [2.05, 4.69) is 10.3 Å². The van der Waals surface area contributed by atoms with Crippen LogP contribution in [0.5, 0.6) is 0 Å². The maximum absolute atomic E-state index is 12.4. The van der Waals surface area contributed by atoms with Gasteiger partial charge >= 0.3 is 0 Å². The first-order chi connectivity index (χ1) is 5.20. The molecule has 0 radical (unpaired) electrons. The van der Waals surface area contributed by atoms with Gasteiger partial charge in [-0.3, -0.25) is 0 Å². The summed E-state index contributed by atoms with van der Waals surface area (Å²) in [7, 11) is 0. The van der Waals surface area contributed by atoms with Gasteiger partial charge in [0, 0.05) is 6.20 Å². The van der Waals surface area contributed by atoms with Crippen LogP contribution in [0.4, 0.5) is 4.39 Å². The summed E-state index contributed by atoms with van der Waals surface area (Å²) in [5, 5.41) is 2.45. The minimum absolute atomic E-state index is 0.268. The highest BCUT2D eigenvalue weighted by Gasteiger charge is 2.10. The molecule has 0 aromatic heterocycles. The molecule has 11 heavy (non-hydrogen) atoms. The standard InChI is InChI=1S/C5H8FN3.C2H6/c1-3-4(6)2-8-5(7)9-3;1-2/h2-3H,1H3,(H3,7,8,9);1-2H3. The fourth-order valence-electron chi connectivity index (χ4n) is 0.571. The van der Waals surface area contributed by atoms with Crippen molar-refractivity contribution in [2.45, 2.75) is 26.8 Å². The van der Waals surface area contributed by atoms with E-state index in [4.69, 9.17) is 5.73 Å². The molecule has 1 atom stereocenters. The molecule has 0 saturated carbocycles. The first kappa shape index (κ1) is 9.94. The molecule has 1 heterocycles. The summed E-state index contributed by atoms with van der Waals surface area (Å²) >= 11 is 0. The molecule has 3 N–H and O–H groups in total. The molecule has 1 aliphatic rings. The van der Waals surface area contributed by atoms with Crippen molar-refractivity contribution in [1.29, 1.82) is 0 Å². The van der Waals surface area contributed by atoms with Crippen molar-refractivity contribution in [3.63, 3.8) is 0 Å². The number of hydrogen-bond acceptors (Lipinski definition) is 3. The quantitative estimate of drug-likeness (QED) is 0.556. The van der Waals surface area contributed by atoms with Crippen LogP contribution in [-0.4, -0.2) is 12.0 Å². The summed E-state index contributed by atoms with van der Waals surface area (Å²) in [6.07, 6.45) is 1.22. The SMILES string of the molecule is CC.CC1N=C(N)NC=C1F. The Morgan fingerprint density at radius 3 is 2.55 bits per heavy atom. The lowest BCUT2D eigenvalue weighted by molar-refractivity contribution is 0.547. The molecule has 1 unspecified atom stereocenters. The lowest BCUT2D eigenvalue weighted by Gasteiger charge is -2.11. The minimum Gasteiger partial charge on any atom is -0.370 e. The van der Waals surface area contributed by atoms with Gasteiger partial charge in [0.15, 0.2) is 5.96 Å². The van der Waals surface area contributed by atoms with Crippen LogP contribution in [0.1, 0.15) is 20.8 Å². The Morgan fingerprint density at radius 2 is 2.18 bits per heavy atom. The molecule has 3 nitrogen and oxygen atoms in total. The van der Waals surface area contributed by atoms with Gasteiger partial charge in [0.05, 0.1) is 0 Å². The summed E-state index contributed by atoms with van der Waals surface area (Å²) in [4.78, 5) is 3.70. The van der Waals surface area contributed by atoms with E-state index in [1.54, 1.807) is 6.92 Å². The number of halogens is 1. The van der Waals surface area contributed by atoms with E-state index in [-0.39, 0.29) is 11.8 Å². The molecule has 0 aromatic carbocycles. The van der Waals surface area contributed by atoms with E-state index in [1.807, 2.05) is 13.8 Å². The van der Waals surface area contributed by atoms with Crippen molar-refractivity contribution in [3.8, 4) is 0 Å². The molecule has 64 valence electrons. The molecule has 0 amide bonds. The number of nitrogens with one attached hydrogen (secondary N) is 1. The van der Waals surface area contributed by atoms with Crippen LogP contribution < -0.4 is 11.1 Å². The van der Waals surface area contributed by atoms with Gasteiger partial charge in [0.2, 0.25) is 0 Å². The molecule has 1 aliphatic heterocycles. The van der Waals surface area contributed by atoms with Gasteiger partial charge in [-0.15, -0.1) is 0 Å². The van der Waals surface area contributed by atoms with Crippen LogP contribution in [0.15, 0.2) is 17.0 Å². The zero-order valence-corrected chi connectivity index (χ0v) is 7.06. The zero-order chi connectivity index (χ0) is 8.85. The summed E-state index contributed by atoms with van der Waals surface area (Å²) in [6.45, 7) is 5.64. The molecule has 0 aromatic rings. The average molecular weight is 159 g/mol. The van der Waals surface area contributed by atoms with E-state index < -0.39 is 6.04 Å². The average Bonchev–Trinajstić information content (AvgIpc) is 2.02. The Kier molecular flexibility index (Phi) is 4.26. The van der Waals surface area contributed by atoms with Gasteiger partial charge < -0.3 is 11.1 Å². The Labute approximate surface area is 66.2 Å². The number of nitrogens with zero attached hydrogens (tertiary/aromatic N) is 1. The smallest absolute Gasteiger partial charge is 0.193 e.